The van der Waals surface area contributed by atoms with E-state index in [2.05, 4.69) is 15.3 Å². The first-order chi connectivity index (χ1) is 6.84. The molecule has 0 radical (unpaired) electrons. The van der Waals surface area contributed by atoms with Crippen LogP contribution in [0.2, 0.25) is 0 Å². The van der Waals surface area contributed by atoms with Crippen LogP contribution in [-0.2, 0) is 0 Å². The third-order valence-electron chi connectivity index (χ3n) is 2.17. The summed E-state index contributed by atoms with van der Waals surface area (Å²) in [5.74, 6) is -0.448. The lowest BCUT2D eigenvalue weighted by Gasteiger charge is -2.09. The van der Waals surface area contributed by atoms with Crippen molar-refractivity contribution in [2.45, 2.75) is 18.9 Å². The van der Waals surface area contributed by atoms with Crippen molar-refractivity contribution in [3.8, 4) is 6.01 Å². The molecule has 1 aliphatic rings. The topological polar surface area (TPSA) is 47.0 Å². The van der Waals surface area contributed by atoms with E-state index in [-0.39, 0.29) is 6.01 Å². The van der Waals surface area contributed by atoms with Crippen molar-refractivity contribution in [1.82, 2.24) is 15.3 Å². The highest BCUT2D eigenvalue weighted by molar-refractivity contribution is 4.96. The molecule has 0 aliphatic carbocycles. The third-order valence-corrected chi connectivity index (χ3v) is 2.17. The average Bonchev–Trinajstić information content (AvgIpc) is 2.70. The van der Waals surface area contributed by atoms with Crippen LogP contribution in [0.25, 0.3) is 0 Å². The summed E-state index contributed by atoms with van der Waals surface area (Å²) in [5.41, 5.74) is 0. The number of nitrogens with zero attached hydrogens (tertiary/aromatic N) is 2. The van der Waals surface area contributed by atoms with Gasteiger partial charge in [0.25, 0.3) is 0 Å². The van der Waals surface area contributed by atoms with Crippen LogP contribution in [0.5, 0.6) is 6.01 Å². The first-order valence-corrected chi connectivity index (χ1v) is 4.68. The summed E-state index contributed by atoms with van der Waals surface area (Å²) in [6.45, 7) is 1.59. The average molecular weight is 197 g/mol. The molecule has 1 atom stereocenters. The van der Waals surface area contributed by atoms with Crippen molar-refractivity contribution < 1.29 is 9.13 Å². The van der Waals surface area contributed by atoms with Gasteiger partial charge in [-0.15, -0.1) is 0 Å². The van der Waals surface area contributed by atoms with Crippen molar-refractivity contribution in [2.75, 3.05) is 13.2 Å². The summed E-state index contributed by atoms with van der Waals surface area (Å²) < 4.78 is 17.7. The van der Waals surface area contributed by atoms with Gasteiger partial charge in [0.2, 0.25) is 0 Å². The first-order valence-electron chi connectivity index (χ1n) is 4.68. The Bertz CT molecular complexity index is 285. The van der Waals surface area contributed by atoms with Gasteiger partial charge in [0.15, 0.2) is 5.82 Å². The van der Waals surface area contributed by atoms with Gasteiger partial charge in [-0.1, -0.05) is 0 Å². The van der Waals surface area contributed by atoms with E-state index in [1.54, 1.807) is 0 Å². The lowest BCUT2D eigenvalue weighted by Crippen LogP contribution is -2.28. The van der Waals surface area contributed by atoms with Crippen LogP contribution in [0.15, 0.2) is 12.4 Å². The Morgan fingerprint density at radius 2 is 2.29 bits per heavy atom. The number of rotatable bonds is 3. The minimum Gasteiger partial charge on any atom is -0.462 e. The van der Waals surface area contributed by atoms with E-state index in [1.165, 1.54) is 6.42 Å². The van der Waals surface area contributed by atoms with Crippen LogP contribution in [0, 0.1) is 5.82 Å². The van der Waals surface area contributed by atoms with Crippen LogP contribution in [-0.4, -0.2) is 29.2 Å². The molecule has 0 aromatic carbocycles. The molecule has 76 valence electrons. The molecule has 1 aromatic heterocycles. The molecule has 0 unspecified atom stereocenters. The van der Waals surface area contributed by atoms with Crippen LogP contribution < -0.4 is 10.1 Å². The molecule has 4 nitrogen and oxygen atoms in total. The van der Waals surface area contributed by atoms with E-state index < -0.39 is 5.82 Å². The highest BCUT2D eigenvalue weighted by atomic mass is 19.1. The van der Waals surface area contributed by atoms with Crippen LogP contribution in [0.1, 0.15) is 12.8 Å². The van der Waals surface area contributed by atoms with E-state index in [9.17, 15) is 4.39 Å². The summed E-state index contributed by atoms with van der Waals surface area (Å²) in [6, 6.07) is 0.615. The van der Waals surface area contributed by atoms with Crippen molar-refractivity contribution in [1.29, 1.82) is 0 Å². The van der Waals surface area contributed by atoms with Gasteiger partial charge in [-0.2, -0.15) is 0 Å². The standard InChI is InChI=1S/C9H12FN3O/c10-7-4-12-9(13-5-7)14-6-8-2-1-3-11-8/h4-5,8,11H,1-3,6H2/t8-/m0/s1. The Morgan fingerprint density at radius 3 is 2.93 bits per heavy atom. The second-order valence-electron chi connectivity index (χ2n) is 3.29. The normalized spacial score (nSPS) is 21.1. The van der Waals surface area contributed by atoms with Gasteiger partial charge in [0, 0.05) is 6.04 Å². The van der Waals surface area contributed by atoms with Crippen LogP contribution >= 0.6 is 0 Å². The maximum atomic E-state index is 12.4. The van der Waals surface area contributed by atoms with Crippen molar-refractivity contribution in [3.63, 3.8) is 0 Å². The molecule has 0 saturated carbocycles. The second kappa shape index (κ2) is 4.32. The quantitative estimate of drug-likeness (QED) is 0.776. The Morgan fingerprint density at radius 1 is 1.50 bits per heavy atom. The molecule has 2 heterocycles. The van der Waals surface area contributed by atoms with Crippen molar-refractivity contribution in [3.05, 3.63) is 18.2 Å². The molecule has 1 aromatic rings. The van der Waals surface area contributed by atoms with E-state index in [1.807, 2.05) is 0 Å². The number of halogens is 1. The van der Waals surface area contributed by atoms with Crippen LogP contribution in [0.4, 0.5) is 4.39 Å². The maximum absolute atomic E-state index is 12.4. The minimum absolute atomic E-state index is 0.236. The molecule has 14 heavy (non-hydrogen) atoms. The predicted molar refractivity (Wildman–Crippen MR) is 48.5 cm³/mol. The summed E-state index contributed by atoms with van der Waals surface area (Å²) in [4.78, 5) is 7.41. The summed E-state index contributed by atoms with van der Waals surface area (Å²) >= 11 is 0. The van der Waals surface area contributed by atoms with Crippen molar-refractivity contribution >= 4 is 0 Å². The predicted octanol–water partition coefficient (Wildman–Crippen LogP) is 0.747. The van der Waals surface area contributed by atoms with Gasteiger partial charge < -0.3 is 10.1 Å². The third kappa shape index (κ3) is 2.38. The monoisotopic (exact) mass is 197 g/mol. The van der Waals surface area contributed by atoms with Gasteiger partial charge in [-0.3, -0.25) is 0 Å². The Kier molecular flexibility index (Phi) is 2.88. The number of hydrogen-bond donors (Lipinski definition) is 1. The molecular formula is C9H12FN3O. The van der Waals surface area contributed by atoms with Gasteiger partial charge in [-0.25, -0.2) is 14.4 Å². The minimum atomic E-state index is -0.448. The SMILES string of the molecule is Fc1cnc(OC[C@@H]2CCCN2)nc1. The van der Waals surface area contributed by atoms with Gasteiger partial charge in [0.05, 0.1) is 12.4 Å². The molecule has 1 aliphatic heterocycles. The fourth-order valence-corrected chi connectivity index (χ4v) is 1.45. The van der Waals surface area contributed by atoms with Gasteiger partial charge in [0.1, 0.15) is 6.61 Å². The zero-order valence-corrected chi connectivity index (χ0v) is 7.74. The fraction of sp³-hybridized carbons (Fsp3) is 0.556. The first kappa shape index (κ1) is 9.33. The molecule has 0 amide bonds. The highest BCUT2D eigenvalue weighted by Gasteiger charge is 2.14. The molecule has 1 N–H and O–H groups in total. The number of ether oxygens (including phenoxy) is 1. The number of aromatic nitrogens is 2. The Balaban J connectivity index is 1.82. The molecule has 0 bridgehead atoms. The molecule has 2 rings (SSSR count). The molecular weight excluding hydrogens is 185 g/mol. The molecule has 0 spiro atoms. The van der Waals surface area contributed by atoms with E-state index in [4.69, 9.17) is 4.74 Å². The van der Waals surface area contributed by atoms with E-state index in [0.29, 0.717) is 12.6 Å². The smallest absolute Gasteiger partial charge is 0.316 e. The number of hydrogen-bond acceptors (Lipinski definition) is 4. The molecule has 1 saturated heterocycles. The highest BCUT2D eigenvalue weighted by Crippen LogP contribution is 2.07. The molecule has 1 fully saturated rings. The largest absolute Gasteiger partial charge is 0.462 e. The summed E-state index contributed by atoms with van der Waals surface area (Å²) in [7, 11) is 0. The lowest BCUT2D eigenvalue weighted by atomic mass is 10.2. The second-order valence-corrected chi connectivity index (χ2v) is 3.29. The lowest BCUT2D eigenvalue weighted by molar-refractivity contribution is 0.256. The number of nitrogens with one attached hydrogen (secondary N) is 1. The van der Waals surface area contributed by atoms with Gasteiger partial charge in [-0.05, 0) is 19.4 Å². The summed E-state index contributed by atoms with van der Waals surface area (Å²) in [6.07, 6.45) is 4.49. The fourth-order valence-electron chi connectivity index (χ4n) is 1.45. The maximum Gasteiger partial charge on any atom is 0.316 e. The zero-order valence-electron chi connectivity index (χ0n) is 7.74. The molecule has 5 heteroatoms. The Labute approximate surface area is 81.5 Å². The van der Waals surface area contributed by atoms with E-state index >= 15 is 0 Å². The van der Waals surface area contributed by atoms with Gasteiger partial charge >= 0.3 is 6.01 Å². The van der Waals surface area contributed by atoms with Crippen LogP contribution in [0.3, 0.4) is 0 Å². The summed E-state index contributed by atoms with van der Waals surface area (Å²) in [5, 5.41) is 3.28. The van der Waals surface area contributed by atoms with E-state index in [0.717, 1.165) is 25.4 Å². The Hall–Kier alpha value is -1.23. The van der Waals surface area contributed by atoms with Crippen molar-refractivity contribution in [2.24, 2.45) is 0 Å². The zero-order chi connectivity index (χ0) is 9.80.